The van der Waals surface area contributed by atoms with E-state index >= 15 is 0 Å². The van der Waals surface area contributed by atoms with Gasteiger partial charge in [0.15, 0.2) is 0 Å². The highest BCUT2D eigenvalue weighted by atomic mass is 32.2. The molecule has 2 aromatic heterocycles. The zero-order valence-electron chi connectivity index (χ0n) is 14.5. The predicted octanol–water partition coefficient (Wildman–Crippen LogP) is 4.51. The normalized spacial score (nSPS) is 11.0. The zero-order valence-corrected chi connectivity index (χ0v) is 16.2. The van der Waals surface area contributed by atoms with Crippen molar-refractivity contribution in [2.45, 2.75) is 26.0 Å². The average molecular weight is 371 g/mol. The van der Waals surface area contributed by atoms with Gasteiger partial charge in [0.25, 0.3) is 0 Å². The van der Waals surface area contributed by atoms with Crippen molar-refractivity contribution < 1.29 is 4.79 Å². The molecular weight excluding hydrogens is 348 g/mol. The van der Waals surface area contributed by atoms with Gasteiger partial charge in [0.05, 0.1) is 11.9 Å². The van der Waals surface area contributed by atoms with Crippen molar-refractivity contribution in [3.05, 3.63) is 63.5 Å². The average Bonchev–Trinajstić information content (AvgIpc) is 3.12. The Morgan fingerprint density at radius 3 is 2.84 bits per heavy atom. The number of hydrogen-bond donors (Lipinski definition) is 1. The highest BCUT2D eigenvalue weighted by Gasteiger charge is 2.12. The number of thiophene rings is 1. The van der Waals surface area contributed by atoms with Crippen LogP contribution in [0.1, 0.15) is 21.7 Å². The number of pyridine rings is 1. The van der Waals surface area contributed by atoms with Crippen LogP contribution in [0.25, 0.3) is 10.9 Å². The molecular formula is C20H22N2OS2. The molecule has 0 aliphatic heterocycles. The molecule has 2 heterocycles. The second-order valence-corrected chi connectivity index (χ2v) is 8.11. The number of thioether (sulfide) groups is 1. The van der Waals surface area contributed by atoms with Crippen LogP contribution >= 0.6 is 23.1 Å². The van der Waals surface area contributed by atoms with E-state index in [0.717, 1.165) is 39.2 Å². The van der Waals surface area contributed by atoms with E-state index in [4.69, 9.17) is 0 Å². The monoisotopic (exact) mass is 370 g/mol. The minimum absolute atomic E-state index is 0.0694. The van der Waals surface area contributed by atoms with E-state index in [2.05, 4.69) is 40.8 Å². The summed E-state index contributed by atoms with van der Waals surface area (Å²) in [6.45, 7) is 4.77. The van der Waals surface area contributed by atoms with Gasteiger partial charge in [-0.15, -0.1) is 11.3 Å². The molecule has 0 bridgehead atoms. The van der Waals surface area contributed by atoms with Gasteiger partial charge in [-0.3, -0.25) is 9.78 Å². The Balaban J connectivity index is 1.53. The molecule has 0 aliphatic rings. The summed E-state index contributed by atoms with van der Waals surface area (Å²) in [5, 5.41) is 6.25. The summed E-state index contributed by atoms with van der Waals surface area (Å²) < 4.78 is 0. The van der Waals surface area contributed by atoms with Crippen LogP contribution in [0.2, 0.25) is 0 Å². The van der Waals surface area contributed by atoms with Crippen molar-refractivity contribution in [2.24, 2.45) is 0 Å². The number of carbonyl (C=O) groups excluding carboxylic acids is 1. The van der Waals surface area contributed by atoms with E-state index in [-0.39, 0.29) is 5.91 Å². The molecule has 3 rings (SSSR count). The second-order valence-electron chi connectivity index (χ2n) is 5.98. The summed E-state index contributed by atoms with van der Waals surface area (Å²) in [5.74, 6) is 2.01. The summed E-state index contributed by atoms with van der Waals surface area (Å²) in [6.07, 6.45) is 0.394. The summed E-state index contributed by atoms with van der Waals surface area (Å²) in [4.78, 5) is 18.3. The Bertz CT molecular complexity index is 860. The maximum atomic E-state index is 12.3. The molecule has 0 saturated heterocycles. The summed E-state index contributed by atoms with van der Waals surface area (Å²) in [5.41, 5.74) is 4.14. The zero-order chi connectivity index (χ0) is 17.6. The van der Waals surface area contributed by atoms with Crippen LogP contribution in [-0.4, -0.2) is 23.2 Å². The number of carbonyl (C=O) groups is 1. The number of nitrogens with zero attached hydrogens (tertiary/aromatic N) is 1. The molecule has 1 amide bonds. The molecule has 1 aromatic carbocycles. The molecule has 3 nitrogen and oxygen atoms in total. The number of aryl methyl sites for hydroxylation is 2. The summed E-state index contributed by atoms with van der Waals surface area (Å²) >= 11 is 3.63. The third-order valence-electron chi connectivity index (χ3n) is 4.22. The van der Waals surface area contributed by atoms with Crippen molar-refractivity contribution in [3.8, 4) is 0 Å². The number of benzene rings is 1. The molecule has 5 heteroatoms. The first-order chi connectivity index (χ1) is 12.1. The van der Waals surface area contributed by atoms with Crippen LogP contribution in [0.3, 0.4) is 0 Å². The first-order valence-electron chi connectivity index (χ1n) is 8.37. The fourth-order valence-electron chi connectivity index (χ4n) is 2.88. The second kappa shape index (κ2) is 8.50. The standard InChI is InChI=1S/C20H22N2OS2/c1-14-17-7-3-4-8-19(17)22-15(2)18(14)12-20(23)21-9-11-24-13-16-6-5-10-25-16/h3-8,10H,9,11-13H2,1-2H3,(H,21,23). The van der Waals surface area contributed by atoms with Gasteiger partial charge in [-0.05, 0) is 42.5 Å². The van der Waals surface area contributed by atoms with E-state index in [0.29, 0.717) is 13.0 Å². The molecule has 0 spiro atoms. The molecule has 3 aromatic rings. The van der Waals surface area contributed by atoms with Crippen LogP contribution in [-0.2, 0) is 17.0 Å². The number of rotatable bonds is 7. The van der Waals surface area contributed by atoms with E-state index in [9.17, 15) is 4.79 Å². The van der Waals surface area contributed by atoms with Gasteiger partial charge in [-0.2, -0.15) is 11.8 Å². The Hall–Kier alpha value is -1.85. The SMILES string of the molecule is Cc1nc2ccccc2c(C)c1CC(=O)NCCSCc1cccs1. The highest BCUT2D eigenvalue weighted by Crippen LogP contribution is 2.23. The third kappa shape index (κ3) is 4.61. The van der Waals surface area contributed by atoms with Gasteiger partial charge in [0, 0.05) is 34.0 Å². The first kappa shape index (κ1) is 18.0. The van der Waals surface area contributed by atoms with Crippen LogP contribution in [0.4, 0.5) is 0 Å². The lowest BCUT2D eigenvalue weighted by atomic mass is 9.99. The molecule has 0 unspecified atom stereocenters. The van der Waals surface area contributed by atoms with E-state index in [1.54, 1.807) is 11.3 Å². The van der Waals surface area contributed by atoms with Gasteiger partial charge in [0.1, 0.15) is 0 Å². The Morgan fingerprint density at radius 1 is 1.20 bits per heavy atom. The highest BCUT2D eigenvalue weighted by molar-refractivity contribution is 7.98. The van der Waals surface area contributed by atoms with E-state index < -0.39 is 0 Å². The van der Waals surface area contributed by atoms with Crippen LogP contribution < -0.4 is 5.32 Å². The largest absolute Gasteiger partial charge is 0.355 e. The predicted molar refractivity (Wildman–Crippen MR) is 108 cm³/mol. The van der Waals surface area contributed by atoms with Crippen molar-refractivity contribution >= 4 is 39.9 Å². The van der Waals surface area contributed by atoms with E-state index in [1.807, 2.05) is 36.9 Å². The minimum Gasteiger partial charge on any atom is -0.355 e. The number of fused-ring (bicyclic) bond motifs is 1. The Morgan fingerprint density at radius 2 is 2.04 bits per heavy atom. The molecule has 1 N–H and O–H groups in total. The van der Waals surface area contributed by atoms with Crippen LogP contribution in [0, 0.1) is 13.8 Å². The first-order valence-corrected chi connectivity index (χ1v) is 10.4. The summed E-state index contributed by atoms with van der Waals surface area (Å²) in [7, 11) is 0. The lowest BCUT2D eigenvalue weighted by Crippen LogP contribution is -2.28. The third-order valence-corrected chi connectivity index (χ3v) is 6.28. The van der Waals surface area contributed by atoms with Crippen molar-refractivity contribution in [2.75, 3.05) is 12.3 Å². The maximum Gasteiger partial charge on any atom is 0.224 e. The van der Waals surface area contributed by atoms with Crippen molar-refractivity contribution in [3.63, 3.8) is 0 Å². The minimum atomic E-state index is 0.0694. The Kier molecular flexibility index (Phi) is 6.10. The van der Waals surface area contributed by atoms with Gasteiger partial charge in [-0.25, -0.2) is 0 Å². The quantitative estimate of drug-likeness (QED) is 0.623. The summed E-state index contributed by atoms with van der Waals surface area (Å²) in [6, 6.07) is 12.3. The Labute approximate surface area is 156 Å². The fraction of sp³-hybridized carbons (Fsp3) is 0.300. The van der Waals surface area contributed by atoms with E-state index in [1.165, 1.54) is 4.88 Å². The number of aromatic nitrogens is 1. The number of amides is 1. The molecule has 0 saturated carbocycles. The van der Waals surface area contributed by atoms with Gasteiger partial charge in [-0.1, -0.05) is 24.3 Å². The van der Waals surface area contributed by atoms with Crippen molar-refractivity contribution in [1.82, 2.24) is 10.3 Å². The topological polar surface area (TPSA) is 42.0 Å². The molecule has 25 heavy (non-hydrogen) atoms. The van der Waals surface area contributed by atoms with Gasteiger partial charge < -0.3 is 5.32 Å². The molecule has 0 aliphatic carbocycles. The number of para-hydroxylation sites is 1. The van der Waals surface area contributed by atoms with Crippen molar-refractivity contribution in [1.29, 1.82) is 0 Å². The van der Waals surface area contributed by atoms with Crippen LogP contribution in [0.15, 0.2) is 41.8 Å². The molecule has 130 valence electrons. The van der Waals surface area contributed by atoms with Crippen LogP contribution in [0.5, 0.6) is 0 Å². The van der Waals surface area contributed by atoms with Gasteiger partial charge in [0.2, 0.25) is 5.91 Å². The number of nitrogens with one attached hydrogen (secondary N) is 1. The lowest BCUT2D eigenvalue weighted by molar-refractivity contribution is -0.120. The fourth-order valence-corrected chi connectivity index (χ4v) is 4.58. The molecule has 0 fully saturated rings. The number of hydrogen-bond acceptors (Lipinski definition) is 4. The van der Waals surface area contributed by atoms with Gasteiger partial charge >= 0.3 is 0 Å². The smallest absolute Gasteiger partial charge is 0.224 e. The lowest BCUT2D eigenvalue weighted by Gasteiger charge is -2.12. The molecule has 0 radical (unpaired) electrons. The molecule has 0 atom stereocenters. The maximum absolute atomic E-state index is 12.3.